The van der Waals surface area contributed by atoms with Crippen molar-refractivity contribution < 1.29 is 27.4 Å². The number of ether oxygens (including phenoxy) is 2. The maximum atomic E-state index is 12.8. The second-order valence-corrected chi connectivity index (χ2v) is 6.04. The summed E-state index contributed by atoms with van der Waals surface area (Å²) in [7, 11) is 1.45. The van der Waals surface area contributed by atoms with E-state index in [4.69, 9.17) is 14.7 Å². The van der Waals surface area contributed by atoms with Crippen LogP contribution in [0.5, 0.6) is 11.5 Å². The van der Waals surface area contributed by atoms with E-state index in [9.17, 15) is 18.0 Å². The molecule has 2 rings (SSSR count). The van der Waals surface area contributed by atoms with Gasteiger partial charge in [-0.3, -0.25) is 4.79 Å². The summed E-state index contributed by atoms with van der Waals surface area (Å²) in [5.41, 5.74) is 0.229. The molecule has 0 aliphatic heterocycles. The lowest BCUT2D eigenvalue weighted by atomic mass is 10.0. The van der Waals surface area contributed by atoms with Gasteiger partial charge in [0.1, 0.15) is 6.07 Å². The summed E-state index contributed by atoms with van der Waals surface area (Å²) < 4.78 is 48.9. The van der Waals surface area contributed by atoms with Crippen molar-refractivity contribution in [2.45, 2.75) is 19.1 Å². The third-order valence-electron chi connectivity index (χ3n) is 3.98. The molecular weight excluding hydrogens is 385 g/mol. The van der Waals surface area contributed by atoms with Crippen molar-refractivity contribution in [1.29, 1.82) is 5.26 Å². The molecule has 0 aromatic heterocycles. The van der Waals surface area contributed by atoms with Crippen molar-refractivity contribution >= 4 is 12.0 Å². The zero-order chi connectivity index (χ0) is 21.4. The Morgan fingerprint density at radius 1 is 1.24 bits per heavy atom. The molecule has 0 spiro atoms. The van der Waals surface area contributed by atoms with Crippen molar-refractivity contribution in [1.82, 2.24) is 5.32 Å². The topological polar surface area (TPSA) is 71.3 Å². The Kier molecular flexibility index (Phi) is 7.26. The molecule has 29 heavy (non-hydrogen) atoms. The van der Waals surface area contributed by atoms with Gasteiger partial charge >= 0.3 is 6.18 Å². The van der Waals surface area contributed by atoms with Crippen molar-refractivity contribution in [2.24, 2.45) is 0 Å². The lowest BCUT2D eigenvalue weighted by Crippen LogP contribution is -2.24. The molecule has 0 bridgehead atoms. The highest BCUT2D eigenvalue weighted by Crippen LogP contribution is 2.31. The van der Waals surface area contributed by atoms with Gasteiger partial charge in [0, 0.05) is 6.08 Å². The maximum Gasteiger partial charge on any atom is 0.416 e. The van der Waals surface area contributed by atoms with Crippen molar-refractivity contribution in [2.75, 3.05) is 13.7 Å². The average molecular weight is 404 g/mol. The normalized spacial score (nSPS) is 12.3. The van der Waals surface area contributed by atoms with E-state index in [-0.39, 0.29) is 6.61 Å². The molecule has 2 aromatic carbocycles. The molecule has 0 radical (unpaired) electrons. The number of amides is 1. The van der Waals surface area contributed by atoms with Crippen LogP contribution in [0.3, 0.4) is 0 Å². The Balaban J connectivity index is 2.05. The van der Waals surface area contributed by atoms with Gasteiger partial charge in [0.25, 0.3) is 0 Å². The third kappa shape index (κ3) is 6.28. The minimum Gasteiger partial charge on any atom is -0.493 e. The summed E-state index contributed by atoms with van der Waals surface area (Å²) >= 11 is 0. The van der Waals surface area contributed by atoms with E-state index < -0.39 is 23.7 Å². The Morgan fingerprint density at radius 2 is 2.00 bits per heavy atom. The van der Waals surface area contributed by atoms with Gasteiger partial charge in [-0.1, -0.05) is 18.2 Å². The number of methoxy groups -OCH3 is 1. The highest BCUT2D eigenvalue weighted by molar-refractivity contribution is 5.92. The molecule has 0 aliphatic rings. The first-order chi connectivity index (χ1) is 13.7. The molecule has 0 saturated carbocycles. The molecule has 1 N–H and O–H groups in total. The molecule has 1 unspecified atom stereocenters. The maximum absolute atomic E-state index is 12.8. The van der Waals surface area contributed by atoms with Crippen LogP contribution < -0.4 is 14.8 Å². The number of nitrogens with one attached hydrogen (secondary N) is 1. The molecule has 2 aromatic rings. The van der Waals surface area contributed by atoms with Gasteiger partial charge in [-0.15, -0.1) is 0 Å². The number of carbonyl (C=O) groups is 1. The Morgan fingerprint density at radius 3 is 2.66 bits per heavy atom. The molecular formula is C21H19F3N2O3. The predicted molar refractivity (Wildman–Crippen MR) is 101 cm³/mol. The zero-order valence-corrected chi connectivity index (χ0v) is 15.8. The first-order valence-corrected chi connectivity index (χ1v) is 8.58. The van der Waals surface area contributed by atoms with Crippen LogP contribution >= 0.6 is 0 Å². The van der Waals surface area contributed by atoms with E-state index in [1.165, 1.54) is 31.4 Å². The van der Waals surface area contributed by atoms with E-state index in [0.29, 0.717) is 22.6 Å². The summed E-state index contributed by atoms with van der Waals surface area (Å²) in [5, 5.41) is 11.2. The van der Waals surface area contributed by atoms with E-state index in [2.05, 4.69) is 5.32 Å². The number of benzene rings is 2. The molecule has 0 heterocycles. The highest BCUT2D eigenvalue weighted by Gasteiger charge is 2.30. The summed E-state index contributed by atoms with van der Waals surface area (Å²) in [6.45, 7) is 1.48. The molecule has 1 atom stereocenters. The predicted octanol–water partition coefficient (Wildman–Crippen LogP) is 4.51. The zero-order valence-electron chi connectivity index (χ0n) is 15.8. The van der Waals surface area contributed by atoms with Gasteiger partial charge < -0.3 is 14.8 Å². The number of nitrogens with zero attached hydrogens (tertiary/aromatic N) is 1. The summed E-state index contributed by atoms with van der Waals surface area (Å²) in [4.78, 5) is 12.1. The van der Waals surface area contributed by atoms with Crippen LogP contribution in [0.1, 0.15) is 29.7 Å². The number of alkyl halides is 3. The van der Waals surface area contributed by atoms with Gasteiger partial charge in [-0.25, -0.2) is 0 Å². The van der Waals surface area contributed by atoms with Crippen LogP contribution in [-0.2, 0) is 11.0 Å². The highest BCUT2D eigenvalue weighted by atomic mass is 19.4. The van der Waals surface area contributed by atoms with Crippen molar-refractivity contribution in [3.05, 3.63) is 65.2 Å². The van der Waals surface area contributed by atoms with Gasteiger partial charge in [0.05, 0.1) is 18.7 Å². The van der Waals surface area contributed by atoms with E-state index in [0.717, 1.165) is 12.1 Å². The van der Waals surface area contributed by atoms with Gasteiger partial charge in [-0.05, 0) is 48.4 Å². The fraction of sp³-hybridized carbons (Fsp3) is 0.238. The molecule has 1 amide bonds. The van der Waals surface area contributed by atoms with Gasteiger partial charge in [0.2, 0.25) is 5.91 Å². The lowest BCUT2D eigenvalue weighted by molar-refractivity contribution is -0.137. The SMILES string of the molecule is COc1cc(/C=C/C(=O)NC(C)c2cccc(C(F)(F)F)c2)ccc1OCC#N. The van der Waals surface area contributed by atoms with Crippen LogP contribution in [0.4, 0.5) is 13.2 Å². The van der Waals surface area contributed by atoms with Crippen LogP contribution in [0.2, 0.25) is 0 Å². The van der Waals surface area contributed by atoms with Crippen LogP contribution in [0.15, 0.2) is 48.5 Å². The lowest BCUT2D eigenvalue weighted by Gasteiger charge is -2.15. The standard InChI is InChI=1S/C21H19F3N2O3/c1-14(16-4-3-5-17(13-16)21(22,23)24)26-20(27)9-7-15-6-8-18(29-11-10-25)19(12-15)28-2/h3-9,12-14H,11H2,1-2H3,(H,26,27)/b9-7+. The van der Waals surface area contributed by atoms with Crippen LogP contribution in [0.25, 0.3) is 6.08 Å². The third-order valence-corrected chi connectivity index (χ3v) is 3.98. The number of hydrogen-bond donors (Lipinski definition) is 1. The fourth-order valence-electron chi connectivity index (χ4n) is 2.52. The molecule has 0 saturated heterocycles. The van der Waals surface area contributed by atoms with Gasteiger partial charge in [0.15, 0.2) is 18.1 Å². The van der Waals surface area contributed by atoms with Crippen molar-refractivity contribution in [3.8, 4) is 17.6 Å². The molecule has 0 aliphatic carbocycles. The van der Waals surface area contributed by atoms with Crippen LogP contribution in [-0.4, -0.2) is 19.6 Å². The molecule has 5 nitrogen and oxygen atoms in total. The first-order valence-electron chi connectivity index (χ1n) is 8.58. The molecule has 8 heteroatoms. The Hall–Kier alpha value is -3.47. The van der Waals surface area contributed by atoms with E-state index >= 15 is 0 Å². The quantitative estimate of drug-likeness (QED) is 0.690. The second-order valence-electron chi connectivity index (χ2n) is 6.04. The summed E-state index contributed by atoms with van der Waals surface area (Å²) in [5.74, 6) is 0.340. The number of halogens is 3. The fourth-order valence-corrected chi connectivity index (χ4v) is 2.52. The molecule has 0 fully saturated rings. The van der Waals surface area contributed by atoms with Crippen LogP contribution in [0, 0.1) is 11.3 Å². The number of hydrogen-bond acceptors (Lipinski definition) is 4. The minimum atomic E-state index is -4.44. The first kappa shape index (κ1) is 21.8. The largest absolute Gasteiger partial charge is 0.493 e. The van der Waals surface area contributed by atoms with E-state index in [1.54, 1.807) is 25.1 Å². The molecule has 152 valence electrons. The average Bonchev–Trinajstić information content (AvgIpc) is 2.70. The summed E-state index contributed by atoms with van der Waals surface area (Å²) in [6.07, 6.45) is -1.64. The smallest absolute Gasteiger partial charge is 0.416 e. The summed E-state index contributed by atoms with van der Waals surface area (Å²) in [6, 6.07) is 11.0. The number of carbonyl (C=O) groups excluding carboxylic acids is 1. The minimum absolute atomic E-state index is 0.124. The second kappa shape index (κ2) is 9.64. The Bertz CT molecular complexity index is 933. The van der Waals surface area contributed by atoms with Crippen molar-refractivity contribution in [3.63, 3.8) is 0 Å². The monoisotopic (exact) mass is 404 g/mol. The van der Waals surface area contributed by atoms with Gasteiger partial charge in [-0.2, -0.15) is 18.4 Å². The number of rotatable bonds is 7. The Labute approximate surface area is 166 Å². The number of nitriles is 1. The van der Waals surface area contributed by atoms with E-state index in [1.807, 2.05) is 6.07 Å².